The first-order valence-corrected chi connectivity index (χ1v) is 10.1. The van der Waals surface area contributed by atoms with Gasteiger partial charge in [0.15, 0.2) is 9.84 Å². The second kappa shape index (κ2) is 7.20. The Morgan fingerprint density at radius 1 is 1.30 bits per heavy atom. The highest BCUT2D eigenvalue weighted by Gasteiger charge is 2.28. The van der Waals surface area contributed by atoms with Crippen LogP contribution >= 0.6 is 0 Å². The molecule has 0 radical (unpaired) electrons. The van der Waals surface area contributed by atoms with E-state index in [1.165, 1.54) is 6.26 Å². The summed E-state index contributed by atoms with van der Waals surface area (Å²) in [6.07, 6.45) is 1.19. The van der Waals surface area contributed by atoms with Gasteiger partial charge in [-0.1, -0.05) is 26.8 Å². The molecule has 23 heavy (non-hydrogen) atoms. The molecule has 1 unspecified atom stereocenters. The molecule has 6 heteroatoms. The van der Waals surface area contributed by atoms with Gasteiger partial charge in [-0.25, -0.2) is 8.42 Å². The van der Waals surface area contributed by atoms with Crippen molar-refractivity contribution < 1.29 is 13.5 Å². The van der Waals surface area contributed by atoms with Crippen LogP contribution in [0.1, 0.15) is 26.3 Å². The summed E-state index contributed by atoms with van der Waals surface area (Å²) in [6, 6.07) is 5.81. The van der Waals surface area contributed by atoms with E-state index < -0.39 is 9.84 Å². The zero-order chi connectivity index (χ0) is 17.2. The molecule has 1 aliphatic rings. The summed E-state index contributed by atoms with van der Waals surface area (Å²) < 4.78 is 24.0. The molecule has 130 valence electrons. The fourth-order valence-electron chi connectivity index (χ4n) is 3.32. The van der Waals surface area contributed by atoms with Crippen LogP contribution < -0.4 is 4.90 Å². The van der Waals surface area contributed by atoms with E-state index in [0.29, 0.717) is 17.5 Å². The van der Waals surface area contributed by atoms with Gasteiger partial charge in [-0.2, -0.15) is 0 Å². The Kier molecular flexibility index (Phi) is 5.70. The highest BCUT2D eigenvalue weighted by molar-refractivity contribution is 7.90. The van der Waals surface area contributed by atoms with E-state index in [9.17, 15) is 13.5 Å². The first kappa shape index (κ1) is 18.2. The predicted molar refractivity (Wildman–Crippen MR) is 93.6 cm³/mol. The number of hydrogen-bond acceptors (Lipinski definition) is 5. The Hall–Kier alpha value is -1.11. The van der Waals surface area contributed by atoms with Gasteiger partial charge in [0.2, 0.25) is 0 Å². The predicted octanol–water partition coefficient (Wildman–Crippen LogP) is 1.75. The van der Waals surface area contributed by atoms with Crippen LogP contribution in [0.5, 0.6) is 0 Å². The van der Waals surface area contributed by atoms with Gasteiger partial charge in [-0.15, -0.1) is 0 Å². The number of aliphatic hydroxyl groups is 1. The van der Waals surface area contributed by atoms with Crippen molar-refractivity contribution >= 4 is 15.5 Å². The number of piperazine rings is 1. The molecule has 1 N–H and O–H groups in total. The Bertz CT molecular complexity index is 643. The van der Waals surface area contributed by atoms with E-state index in [1.807, 2.05) is 6.07 Å². The van der Waals surface area contributed by atoms with Gasteiger partial charge < -0.3 is 10.0 Å². The summed E-state index contributed by atoms with van der Waals surface area (Å²) in [7, 11) is -3.35. The zero-order valence-electron chi connectivity index (χ0n) is 14.5. The Morgan fingerprint density at radius 3 is 2.52 bits per heavy atom. The van der Waals surface area contributed by atoms with Crippen molar-refractivity contribution in [1.29, 1.82) is 0 Å². The molecule has 0 spiro atoms. The third-order valence-corrected chi connectivity index (χ3v) is 5.87. The molecule has 1 aromatic carbocycles. The van der Waals surface area contributed by atoms with Gasteiger partial charge >= 0.3 is 0 Å². The maximum Gasteiger partial charge on any atom is 0.175 e. The number of benzene rings is 1. The highest BCUT2D eigenvalue weighted by atomic mass is 32.2. The standard InChI is InChI=1S/C17H28N2O3S/c1-5-18-8-9-19(11-16(18)13(2)3)15-7-6-14(12-20)17(10-15)23(4,21)22/h6-7,10,13,16,20H,5,8-9,11-12H2,1-4H3. The lowest BCUT2D eigenvalue weighted by atomic mass is 9.99. The number of nitrogens with zero attached hydrogens (tertiary/aromatic N) is 2. The lowest BCUT2D eigenvalue weighted by Crippen LogP contribution is -2.55. The number of anilines is 1. The monoisotopic (exact) mass is 340 g/mol. The van der Waals surface area contributed by atoms with Crippen LogP contribution in [0.25, 0.3) is 0 Å². The van der Waals surface area contributed by atoms with Gasteiger partial charge in [0.25, 0.3) is 0 Å². The summed E-state index contributed by atoms with van der Waals surface area (Å²) in [4.78, 5) is 4.98. The first-order valence-electron chi connectivity index (χ1n) is 8.20. The summed E-state index contributed by atoms with van der Waals surface area (Å²) >= 11 is 0. The van der Waals surface area contributed by atoms with E-state index >= 15 is 0 Å². The minimum Gasteiger partial charge on any atom is -0.392 e. The Morgan fingerprint density at radius 2 is 2.00 bits per heavy atom. The minimum absolute atomic E-state index is 0.233. The molecule has 0 saturated carbocycles. The van der Waals surface area contributed by atoms with Gasteiger partial charge in [0.1, 0.15) is 0 Å². The minimum atomic E-state index is -3.35. The third kappa shape index (κ3) is 4.05. The van der Waals surface area contributed by atoms with Gasteiger partial charge in [-0.05, 0) is 30.2 Å². The van der Waals surface area contributed by atoms with Crippen LogP contribution in [0, 0.1) is 5.92 Å². The SMILES string of the molecule is CCN1CCN(c2ccc(CO)c(S(C)(=O)=O)c2)CC1C(C)C. The second-order valence-electron chi connectivity index (χ2n) is 6.61. The molecule has 0 amide bonds. The summed E-state index contributed by atoms with van der Waals surface area (Å²) in [6.45, 7) is 10.2. The van der Waals surface area contributed by atoms with Gasteiger partial charge in [0.05, 0.1) is 11.5 Å². The topological polar surface area (TPSA) is 60.9 Å². The molecule has 0 bridgehead atoms. The van der Waals surface area contributed by atoms with Gasteiger partial charge in [0, 0.05) is 37.6 Å². The van der Waals surface area contributed by atoms with Crippen molar-refractivity contribution in [3.8, 4) is 0 Å². The van der Waals surface area contributed by atoms with Crippen LogP contribution in [0.15, 0.2) is 23.1 Å². The number of likely N-dealkylation sites (N-methyl/N-ethyl adjacent to an activating group) is 1. The Balaban J connectivity index is 2.32. The first-order chi connectivity index (χ1) is 10.8. The molecule has 1 aliphatic heterocycles. The molecular formula is C17H28N2O3S. The van der Waals surface area contributed by atoms with Crippen LogP contribution in [-0.4, -0.2) is 56.9 Å². The second-order valence-corrected chi connectivity index (χ2v) is 8.59. The maximum atomic E-state index is 12.0. The quantitative estimate of drug-likeness (QED) is 0.885. The molecule has 1 heterocycles. The number of hydrogen-bond donors (Lipinski definition) is 1. The molecule has 0 aromatic heterocycles. The van der Waals surface area contributed by atoms with Crippen LogP contribution in [-0.2, 0) is 16.4 Å². The van der Waals surface area contributed by atoms with E-state index in [0.717, 1.165) is 31.9 Å². The molecule has 0 aliphatic carbocycles. The van der Waals surface area contributed by atoms with Crippen LogP contribution in [0.2, 0.25) is 0 Å². The fourth-order valence-corrected chi connectivity index (χ4v) is 4.27. The van der Waals surface area contributed by atoms with Crippen molar-refractivity contribution in [2.24, 2.45) is 5.92 Å². The smallest absolute Gasteiger partial charge is 0.175 e. The average Bonchev–Trinajstić information content (AvgIpc) is 2.52. The molecule has 5 nitrogen and oxygen atoms in total. The van der Waals surface area contributed by atoms with Crippen molar-refractivity contribution in [2.45, 2.75) is 38.3 Å². The van der Waals surface area contributed by atoms with E-state index in [2.05, 4.69) is 30.6 Å². The molecular weight excluding hydrogens is 312 g/mol. The molecule has 1 atom stereocenters. The largest absolute Gasteiger partial charge is 0.392 e. The lowest BCUT2D eigenvalue weighted by molar-refractivity contribution is 0.146. The zero-order valence-corrected chi connectivity index (χ0v) is 15.3. The van der Waals surface area contributed by atoms with Crippen molar-refractivity contribution in [3.05, 3.63) is 23.8 Å². The van der Waals surface area contributed by atoms with Crippen LogP contribution in [0.4, 0.5) is 5.69 Å². The summed E-state index contributed by atoms with van der Waals surface area (Å²) in [5.41, 5.74) is 1.38. The average molecular weight is 340 g/mol. The molecule has 1 fully saturated rings. The third-order valence-electron chi connectivity index (χ3n) is 4.70. The van der Waals surface area contributed by atoms with Crippen molar-refractivity contribution in [3.63, 3.8) is 0 Å². The van der Waals surface area contributed by atoms with Crippen molar-refractivity contribution in [2.75, 3.05) is 37.3 Å². The van der Waals surface area contributed by atoms with Crippen LogP contribution in [0.3, 0.4) is 0 Å². The molecule has 1 saturated heterocycles. The van der Waals surface area contributed by atoms with Crippen molar-refractivity contribution in [1.82, 2.24) is 4.90 Å². The fraction of sp³-hybridized carbons (Fsp3) is 0.647. The maximum absolute atomic E-state index is 12.0. The molecule has 2 rings (SSSR count). The number of aliphatic hydroxyl groups excluding tert-OH is 1. The highest BCUT2D eigenvalue weighted by Crippen LogP contribution is 2.27. The molecule has 1 aromatic rings. The lowest BCUT2D eigenvalue weighted by Gasteiger charge is -2.44. The van der Waals surface area contributed by atoms with Gasteiger partial charge in [-0.3, -0.25) is 4.90 Å². The van der Waals surface area contributed by atoms with E-state index in [-0.39, 0.29) is 11.5 Å². The summed E-state index contributed by atoms with van der Waals surface area (Å²) in [5.74, 6) is 0.545. The summed E-state index contributed by atoms with van der Waals surface area (Å²) in [5, 5.41) is 9.38. The number of sulfone groups is 1. The number of rotatable bonds is 5. The van der Waals surface area contributed by atoms with E-state index in [4.69, 9.17) is 0 Å². The van der Waals surface area contributed by atoms with E-state index in [1.54, 1.807) is 12.1 Å². The Labute approximate surface area is 139 Å². The normalized spacial score (nSPS) is 20.3.